The largest absolute Gasteiger partial charge is 0.494 e. The van der Waals surface area contributed by atoms with E-state index in [1.54, 1.807) is 6.08 Å². The van der Waals surface area contributed by atoms with E-state index >= 15 is 0 Å². The molecule has 0 fully saturated rings. The fourth-order valence-electron chi connectivity index (χ4n) is 2.69. The summed E-state index contributed by atoms with van der Waals surface area (Å²) in [6.45, 7) is 3.15. The molecule has 0 bridgehead atoms. The zero-order valence-corrected chi connectivity index (χ0v) is 15.5. The molecule has 0 aliphatic heterocycles. The van der Waals surface area contributed by atoms with Crippen molar-refractivity contribution >= 4 is 15.6 Å². The van der Waals surface area contributed by atoms with Crippen LogP contribution in [0, 0.1) is 0 Å². The summed E-state index contributed by atoms with van der Waals surface area (Å²) in [5.41, 5.74) is 2.07. The summed E-state index contributed by atoms with van der Waals surface area (Å²) >= 11 is 0. The Kier molecular flexibility index (Phi) is 7.68. The van der Waals surface area contributed by atoms with Gasteiger partial charge in [-0.1, -0.05) is 30.4 Å². The lowest BCUT2D eigenvalue weighted by Gasteiger charge is -2.18. The van der Waals surface area contributed by atoms with Crippen molar-refractivity contribution in [1.29, 1.82) is 0 Å². The Morgan fingerprint density at radius 1 is 1.20 bits per heavy atom. The molecule has 2 N–H and O–H groups in total. The lowest BCUT2D eigenvalue weighted by atomic mass is 9.99. The Morgan fingerprint density at radius 3 is 2.56 bits per heavy atom. The average molecular weight is 365 g/mol. The number of unbranched alkanes of at least 4 members (excludes halogenated alkanes) is 2. The van der Waals surface area contributed by atoms with Crippen molar-refractivity contribution in [2.45, 2.75) is 37.9 Å². The Hall–Kier alpha value is -1.63. The molecule has 1 atom stereocenters. The quantitative estimate of drug-likeness (QED) is 0.625. The van der Waals surface area contributed by atoms with E-state index in [0.29, 0.717) is 26.0 Å². The summed E-state index contributed by atoms with van der Waals surface area (Å²) in [5, 5.41) is 8.20. The van der Waals surface area contributed by atoms with E-state index in [4.69, 9.17) is 9.84 Å². The molecule has 6 heteroatoms. The number of hydrogen-bond acceptors (Lipinski definition) is 4. The Labute approximate surface area is 150 Å². The lowest BCUT2D eigenvalue weighted by Crippen LogP contribution is -2.34. The second-order valence-corrected chi connectivity index (χ2v) is 7.96. The fraction of sp³-hybridized carbons (Fsp3) is 0.474. The monoisotopic (exact) mass is 365 g/mol. The van der Waals surface area contributed by atoms with Crippen LogP contribution >= 0.6 is 0 Å². The van der Waals surface area contributed by atoms with Crippen molar-refractivity contribution in [3.63, 3.8) is 0 Å². The molecule has 25 heavy (non-hydrogen) atoms. The van der Waals surface area contributed by atoms with Crippen LogP contribution in [0.1, 0.15) is 38.2 Å². The highest BCUT2D eigenvalue weighted by molar-refractivity contribution is 7.90. The summed E-state index contributed by atoms with van der Waals surface area (Å²) in [6, 6.07) is 7.80. The standard InChI is InChI=1S/C19H27NO4S/c1-2-24-18-10-6-16(7-11-18)17-8-12-19(13-9-17)25(22,23)20-14-4-3-5-15-21/h6-12,19-21H,2-5,13-15H2,1H3. The molecular weight excluding hydrogens is 338 g/mol. The van der Waals surface area contributed by atoms with Gasteiger partial charge >= 0.3 is 0 Å². The van der Waals surface area contributed by atoms with Crippen LogP contribution in [0.5, 0.6) is 5.75 Å². The van der Waals surface area contributed by atoms with Gasteiger partial charge in [0.15, 0.2) is 0 Å². The van der Waals surface area contributed by atoms with E-state index in [2.05, 4.69) is 4.72 Å². The molecule has 138 valence electrons. The van der Waals surface area contributed by atoms with E-state index in [9.17, 15) is 8.42 Å². The van der Waals surface area contributed by atoms with Crippen LogP contribution in [0.25, 0.3) is 5.57 Å². The third-order valence-corrected chi connectivity index (χ3v) is 5.85. The first-order valence-corrected chi connectivity index (χ1v) is 10.3. The Bertz CT molecular complexity index is 693. The van der Waals surface area contributed by atoms with Crippen LogP contribution in [0.3, 0.4) is 0 Å². The molecule has 1 unspecified atom stereocenters. The zero-order valence-electron chi connectivity index (χ0n) is 14.6. The van der Waals surface area contributed by atoms with Gasteiger partial charge < -0.3 is 9.84 Å². The SMILES string of the molecule is CCOc1ccc(C2=CCC(S(=O)(=O)NCCCCCO)C=C2)cc1. The summed E-state index contributed by atoms with van der Waals surface area (Å²) in [6.07, 6.45) is 8.32. The zero-order chi connectivity index (χ0) is 18.1. The summed E-state index contributed by atoms with van der Waals surface area (Å²) in [4.78, 5) is 0. The van der Waals surface area contributed by atoms with Gasteiger partial charge in [-0.2, -0.15) is 0 Å². The molecular formula is C19H27NO4S. The molecule has 1 aromatic rings. The highest BCUT2D eigenvalue weighted by atomic mass is 32.2. The number of aliphatic hydroxyl groups is 1. The first-order valence-electron chi connectivity index (χ1n) is 8.77. The molecule has 0 saturated heterocycles. The maximum Gasteiger partial charge on any atom is 0.218 e. The number of ether oxygens (including phenoxy) is 1. The van der Waals surface area contributed by atoms with Gasteiger partial charge in [0.05, 0.1) is 11.9 Å². The Balaban J connectivity index is 1.89. The van der Waals surface area contributed by atoms with E-state index in [1.165, 1.54) is 0 Å². The number of sulfonamides is 1. The second-order valence-electron chi connectivity index (χ2n) is 5.97. The first-order chi connectivity index (χ1) is 12.1. The van der Waals surface area contributed by atoms with Crippen LogP contribution in [-0.2, 0) is 10.0 Å². The number of nitrogens with one attached hydrogen (secondary N) is 1. The van der Waals surface area contributed by atoms with Crippen LogP contribution in [0.15, 0.2) is 42.5 Å². The first kappa shape index (κ1) is 19.7. The van der Waals surface area contributed by atoms with Gasteiger partial charge in [-0.25, -0.2) is 13.1 Å². The van der Waals surface area contributed by atoms with Crippen LogP contribution in [-0.4, -0.2) is 38.5 Å². The van der Waals surface area contributed by atoms with Gasteiger partial charge in [-0.15, -0.1) is 0 Å². The molecule has 2 rings (SSSR count). The molecule has 0 aromatic heterocycles. The molecule has 0 spiro atoms. The van der Waals surface area contributed by atoms with Crippen molar-refractivity contribution in [2.75, 3.05) is 19.8 Å². The van der Waals surface area contributed by atoms with Gasteiger partial charge in [0.2, 0.25) is 10.0 Å². The van der Waals surface area contributed by atoms with Crippen LogP contribution in [0.4, 0.5) is 0 Å². The highest BCUT2D eigenvalue weighted by Crippen LogP contribution is 2.25. The van der Waals surface area contributed by atoms with Gasteiger partial charge in [-0.3, -0.25) is 0 Å². The molecule has 1 aliphatic carbocycles. The van der Waals surface area contributed by atoms with Gasteiger partial charge in [0.1, 0.15) is 5.75 Å². The molecule has 1 aliphatic rings. The molecule has 0 heterocycles. The third-order valence-electron chi connectivity index (χ3n) is 4.10. The number of allylic oxidation sites excluding steroid dienone is 3. The molecule has 0 saturated carbocycles. The minimum absolute atomic E-state index is 0.150. The van der Waals surface area contributed by atoms with E-state index in [1.807, 2.05) is 43.3 Å². The van der Waals surface area contributed by atoms with Crippen molar-refractivity contribution in [2.24, 2.45) is 0 Å². The fourth-order valence-corrected chi connectivity index (χ4v) is 3.97. The normalized spacial score (nSPS) is 17.4. The minimum atomic E-state index is -3.35. The van der Waals surface area contributed by atoms with Gasteiger partial charge in [-0.05, 0) is 55.9 Å². The maximum atomic E-state index is 12.3. The van der Waals surface area contributed by atoms with Crippen molar-refractivity contribution in [3.05, 3.63) is 48.1 Å². The maximum absolute atomic E-state index is 12.3. The van der Waals surface area contributed by atoms with Crippen LogP contribution in [0.2, 0.25) is 0 Å². The van der Waals surface area contributed by atoms with Gasteiger partial charge in [0, 0.05) is 13.2 Å². The van der Waals surface area contributed by atoms with E-state index in [-0.39, 0.29) is 6.61 Å². The average Bonchev–Trinajstić information content (AvgIpc) is 2.62. The van der Waals surface area contributed by atoms with Gasteiger partial charge in [0.25, 0.3) is 0 Å². The third kappa shape index (κ3) is 5.99. The summed E-state index contributed by atoms with van der Waals surface area (Å²) < 4.78 is 32.7. The number of rotatable bonds is 10. The van der Waals surface area contributed by atoms with Crippen molar-refractivity contribution in [1.82, 2.24) is 4.72 Å². The van der Waals surface area contributed by atoms with E-state index < -0.39 is 15.3 Å². The van der Waals surface area contributed by atoms with Crippen molar-refractivity contribution < 1.29 is 18.3 Å². The molecule has 5 nitrogen and oxygen atoms in total. The lowest BCUT2D eigenvalue weighted by molar-refractivity contribution is 0.283. The highest BCUT2D eigenvalue weighted by Gasteiger charge is 2.23. The number of aliphatic hydroxyl groups excluding tert-OH is 1. The Morgan fingerprint density at radius 2 is 1.96 bits per heavy atom. The van der Waals surface area contributed by atoms with Crippen molar-refractivity contribution in [3.8, 4) is 5.75 Å². The summed E-state index contributed by atoms with van der Waals surface area (Å²) in [5.74, 6) is 0.831. The topological polar surface area (TPSA) is 75.6 Å². The molecule has 0 amide bonds. The second kappa shape index (κ2) is 9.75. The van der Waals surface area contributed by atoms with Crippen LogP contribution < -0.4 is 9.46 Å². The predicted octanol–water partition coefficient (Wildman–Crippen LogP) is 2.88. The number of hydrogen-bond donors (Lipinski definition) is 2. The summed E-state index contributed by atoms with van der Waals surface area (Å²) in [7, 11) is -3.35. The minimum Gasteiger partial charge on any atom is -0.494 e. The smallest absolute Gasteiger partial charge is 0.218 e. The molecule has 1 aromatic carbocycles. The van der Waals surface area contributed by atoms with E-state index in [0.717, 1.165) is 29.7 Å². The number of benzene rings is 1. The predicted molar refractivity (Wildman–Crippen MR) is 101 cm³/mol. The molecule has 0 radical (unpaired) electrons.